The molecule has 0 bridgehead atoms. The highest BCUT2D eigenvalue weighted by atomic mass is 16.5. The maximum absolute atomic E-state index is 9.05. The van der Waals surface area contributed by atoms with Gasteiger partial charge < -0.3 is 15.4 Å². The molecule has 20 heavy (non-hydrogen) atoms. The van der Waals surface area contributed by atoms with Crippen LogP contribution in [0, 0.1) is 11.3 Å². The number of anilines is 2. The molecule has 1 aromatic heterocycles. The number of pyridine rings is 1. The van der Waals surface area contributed by atoms with Gasteiger partial charge >= 0.3 is 0 Å². The fraction of sp³-hybridized carbons (Fsp3) is 0.200. The fourth-order valence-corrected chi connectivity index (χ4v) is 2.32. The summed E-state index contributed by atoms with van der Waals surface area (Å²) in [6.07, 6.45) is 1.61. The van der Waals surface area contributed by atoms with E-state index >= 15 is 0 Å². The van der Waals surface area contributed by atoms with Crippen LogP contribution in [-0.2, 0) is 6.54 Å². The Hall–Kier alpha value is -2.74. The molecule has 1 aliphatic heterocycles. The number of aromatic nitrogens is 1. The largest absolute Gasteiger partial charge is 0.491 e. The van der Waals surface area contributed by atoms with Gasteiger partial charge in [-0.25, -0.2) is 4.98 Å². The molecule has 0 spiro atoms. The van der Waals surface area contributed by atoms with E-state index in [-0.39, 0.29) is 0 Å². The van der Waals surface area contributed by atoms with Crippen molar-refractivity contribution in [3.05, 3.63) is 47.7 Å². The molecular weight excluding hydrogens is 252 g/mol. The number of rotatable bonds is 1. The summed E-state index contributed by atoms with van der Waals surface area (Å²) in [5.41, 5.74) is 8.00. The highest BCUT2D eigenvalue weighted by Crippen LogP contribution is 2.29. The molecule has 0 radical (unpaired) electrons. The van der Waals surface area contributed by atoms with Gasteiger partial charge in [0.1, 0.15) is 18.4 Å². The minimum absolute atomic E-state index is 0.425. The highest BCUT2D eigenvalue weighted by molar-refractivity contribution is 5.70. The van der Waals surface area contributed by atoms with Crippen LogP contribution in [0.5, 0.6) is 5.75 Å². The van der Waals surface area contributed by atoms with E-state index in [0.717, 1.165) is 11.3 Å². The molecule has 1 aliphatic rings. The molecule has 0 amide bonds. The number of hydrogen-bond acceptors (Lipinski definition) is 5. The Morgan fingerprint density at radius 1 is 1.30 bits per heavy atom. The molecule has 2 N–H and O–H groups in total. The van der Waals surface area contributed by atoms with E-state index in [1.54, 1.807) is 12.3 Å². The molecule has 3 rings (SSSR count). The summed E-state index contributed by atoms with van der Waals surface area (Å²) < 4.78 is 5.72. The van der Waals surface area contributed by atoms with E-state index in [0.29, 0.717) is 36.8 Å². The molecule has 0 atom stereocenters. The zero-order valence-corrected chi connectivity index (χ0v) is 10.9. The molecule has 0 saturated heterocycles. The average molecular weight is 266 g/mol. The Kier molecular flexibility index (Phi) is 3.13. The predicted molar refractivity (Wildman–Crippen MR) is 76.4 cm³/mol. The topological polar surface area (TPSA) is 75.2 Å². The lowest BCUT2D eigenvalue weighted by Crippen LogP contribution is -2.27. The monoisotopic (exact) mass is 266 g/mol. The first-order valence-electron chi connectivity index (χ1n) is 6.40. The standard InChI is InChI=1S/C15H14N4O/c16-9-11-5-6-18-15(14(11)17)19-7-8-20-13-4-2-1-3-12(13)10-19/h1-6H,7-8,10,17H2. The van der Waals surface area contributed by atoms with Crippen molar-refractivity contribution < 1.29 is 4.74 Å². The summed E-state index contributed by atoms with van der Waals surface area (Å²) >= 11 is 0. The number of hydrogen-bond donors (Lipinski definition) is 1. The van der Waals surface area contributed by atoms with E-state index < -0.39 is 0 Å². The third kappa shape index (κ3) is 2.12. The third-order valence-electron chi connectivity index (χ3n) is 3.34. The Morgan fingerprint density at radius 2 is 2.15 bits per heavy atom. The van der Waals surface area contributed by atoms with E-state index in [1.807, 2.05) is 29.2 Å². The van der Waals surface area contributed by atoms with Gasteiger partial charge in [-0.1, -0.05) is 18.2 Å². The summed E-state index contributed by atoms with van der Waals surface area (Å²) in [5, 5.41) is 9.05. The van der Waals surface area contributed by atoms with Crippen molar-refractivity contribution in [2.75, 3.05) is 23.8 Å². The molecular formula is C15H14N4O. The van der Waals surface area contributed by atoms with Gasteiger partial charge in [0, 0.05) is 18.3 Å². The first kappa shape index (κ1) is 12.3. The summed E-state index contributed by atoms with van der Waals surface area (Å²) in [7, 11) is 0. The van der Waals surface area contributed by atoms with Crippen molar-refractivity contribution in [1.82, 2.24) is 4.98 Å². The second kappa shape index (κ2) is 5.10. The van der Waals surface area contributed by atoms with Gasteiger partial charge in [-0.3, -0.25) is 0 Å². The number of nitriles is 1. The van der Waals surface area contributed by atoms with Gasteiger partial charge in [-0.05, 0) is 12.1 Å². The van der Waals surface area contributed by atoms with Gasteiger partial charge in [0.25, 0.3) is 0 Å². The van der Waals surface area contributed by atoms with E-state index in [4.69, 9.17) is 15.7 Å². The van der Waals surface area contributed by atoms with Crippen molar-refractivity contribution in [2.45, 2.75) is 6.54 Å². The zero-order chi connectivity index (χ0) is 13.9. The Balaban J connectivity index is 1.98. The first-order valence-corrected chi connectivity index (χ1v) is 6.40. The third-order valence-corrected chi connectivity index (χ3v) is 3.34. The summed E-state index contributed by atoms with van der Waals surface area (Å²) in [4.78, 5) is 6.36. The SMILES string of the molecule is N#Cc1ccnc(N2CCOc3ccccc3C2)c1N. The normalized spacial score (nSPS) is 13.8. The van der Waals surface area contributed by atoms with Crippen LogP contribution < -0.4 is 15.4 Å². The molecule has 1 aromatic carbocycles. The predicted octanol–water partition coefficient (Wildman–Crippen LogP) is 1.93. The molecule has 2 heterocycles. The number of ether oxygens (including phenoxy) is 1. The molecule has 100 valence electrons. The first-order chi connectivity index (χ1) is 9.79. The number of nitrogens with zero attached hydrogens (tertiary/aromatic N) is 3. The molecule has 2 aromatic rings. The van der Waals surface area contributed by atoms with Gasteiger partial charge in [0.05, 0.1) is 17.8 Å². The lowest BCUT2D eigenvalue weighted by molar-refractivity contribution is 0.331. The van der Waals surface area contributed by atoms with Crippen molar-refractivity contribution >= 4 is 11.5 Å². The lowest BCUT2D eigenvalue weighted by Gasteiger charge is -2.22. The second-order valence-electron chi connectivity index (χ2n) is 4.59. The van der Waals surface area contributed by atoms with Crippen LogP contribution >= 0.6 is 0 Å². The lowest BCUT2D eigenvalue weighted by atomic mass is 10.2. The van der Waals surface area contributed by atoms with Crippen LogP contribution in [0.1, 0.15) is 11.1 Å². The molecule has 0 aliphatic carbocycles. The molecule has 0 unspecified atom stereocenters. The summed E-state index contributed by atoms with van der Waals surface area (Å²) in [5.74, 6) is 1.54. The van der Waals surface area contributed by atoms with Crippen LogP contribution in [0.15, 0.2) is 36.5 Å². The maximum Gasteiger partial charge on any atom is 0.153 e. The summed E-state index contributed by atoms with van der Waals surface area (Å²) in [6, 6.07) is 11.6. The number of para-hydroxylation sites is 1. The van der Waals surface area contributed by atoms with Crippen molar-refractivity contribution in [3.63, 3.8) is 0 Å². The van der Waals surface area contributed by atoms with E-state index in [9.17, 15) is 0 Å². The maximum atomic E-state index is 9.05. The number of nitrogen functional groups attached to an aromatic ring is 1. The van der Waals surface area contributed by atoms with Crippen LogP contribution in [-0.4, -0.2) is 18.1 Å². The average Bonchev–Trinajstić information content (AvgIpc) is 2.69. The zero-order valence-electron chi connectivity index (χ0n) is 10.9. The van der Waals surface area contributed by atoms with Gasteiger partial charge in [0.15, 0.2) is 5.82 Å². The number of benzene rings is 1. The van der Waals surface area contributed by atoms with Gasteiger partial charge in [0.2, 0.25) is 0 Å². The van der Waals surface area contributed by atoms with Crippen molar-refractivity contribution in [3.8, 4) is 11.8 Å². The molecule has 5 heteroatoms. The van der Waals surface area contributed by atoms with Crippen LogP contribution in [0.25, 0.3) is 0 Å². The quantitative estimate of drug-likeness (QED) is 0.853. The fourth-order valence-electron chi connectivity index (χ4n) is 2.32. The second-order valence-corrected chi connectivity index (χ2v) is 4.59. The van der Waals surface area contributed by atoms with E-state index in [2.05, 4.69) is 11.1 Å². The Morgan fingerprint density at radius 3 is 3.00 bits per heavy atom. The Labute approximate surface area is 117 Å². The highest BCUT2D eigenvalue weighted by Gasteiger charge is 2.19. The smallest absolute Gasteiger partial charge is 0.153 e. The van der Waals surface area contributed by atoms with Crippen LogP contribution in [0.3, 0.4) is 0 Å². The minimum Gasteiger partial charge on any atom is -0.491 e. The number of fused-ring (bicyclic) bond motifs is 1. The van der Waals surface area contributed by atoms with E-state index in [1.165, 1.54) is 0 Å². The minimum atomic E-state index is 0.425. The Bertz CT molecular complexity index is 678. The van der Waals surface area contributed by atoms with Crippen LogP contribution in [0.4, 0.5) is 11.5 Å². The van der Waals surface area contributed by atoms with Crippen LogP contribution in [0.2, 0.25) is 0 Å². The molecule has 0 fully saturated rings. The summed E-state index contributed by atoms with van der Waals surface area (Å²) in [6.45, 7) is 1.91. The van der Waals surface area contributed by atoms with Gasteiger partial charge in [-0.15, -0.1) is 0 Å². The van der Waals surface area contributed by atoms with Gasteiger partial charge in [-0.2, -0.15) is 5.26 Å². The van der Waals surface area contributed by atoms with Crippen molar-refractivity contribution in [2.24, 2.45) is 0 Å². The molecule has 5 nitrogen and oxygen atoms in total. The molecule has 0 saturated carbocycles. The number of nitrogens with two attached hydrogens (primary N) is 1. The van der Waals surface area contributed by atoms with Crippen molar-refractivity contribution in [1.29, 1.82) is 5.26 Å².